The van der Waals surface area contributed by atoms with E-state index >= 15 is 0 Å². The Labute approximate surface area is 116 Å². The van der Waals surface area contributed by atoms with Crippen LogP contribution in [0.5, 0.6) is 0 Å². The van der Waals surface area contributed by atoms with Crippen molar-refractivity contribution in [2.24, 2.45) is 0 Å². The number of carbonyl (C=O) groups is 1. The summed E-state index contributed by atoms with van der Waals surface area (Å²) < 4.78 is 0. The van der Waals surface area contributed by atoms with Crippen LogP contribution in [0.25, 0.3) is 0 Å². The van der Waals surface area contributed by atoms with Gasteiger partial charge in [0.1, 0.15) is 0 Å². The predicted molar refractivity (Wildman–Crippen MR) is 78.8 cm³/mol. The molecule has 1 aromatic rings. The summed E-state index contributed by atoms with van der Waals surface area (Å²) in [5.74, 6) is 1.31. The number of aromatic nitrogens is 1. The molecule has 0 radical (unpaired) electrons. The molecule has 1 fully saturated rings. The van der Waals surface area contributed by atoms with Crippen molar-refractivity contribution in [3.05, 3.63) is 30.1 Å². The number of likely N-dealkylation sites (tertiary alicyclic amines) is 1. The molecule has 5 heteroatoms. The smallest absolute Gasteiger partial charge is 0.233 e. The van der Waals surface area contributed by atoms with Gasteiger partial charge in [0.2, 0.25) is 5.91 Å². The summed E-state index contributed by atoms with van der Waals surface area (Å²) in [5.41, 5.74) is 1.26. The van der Waals surface area contributed by atoms with Gasteiger partial charge in [-0.25, -0.2) is 0 Å². The van der Waals surface area contributed by atoms with Gasteiger partial charge in [-0.1, -0.05) is 27.7 Å². The molecule has 0 aliphatic carbocycles. The van der Waals surface area contributed by atoms with Crippen molar-refractivity contribution in [2.75, 3.05) is 25.1 Å². The van der Waals surface area contributed by atoms with Gasteiger partial charge in [0.25, 0.3) is 0 Å². The van der Waals surface area contributed by atoms with Gasteiger partial charge in [0, 0.05) is 31.4 Å². The van der Waals surface area contributed by atoms with Gasteiger partial charge in [0.05, 0.1) is 5.75 Å². The Morgan fingerprint density at radius 2 is 2.50 bits per heavy atom. The van der Waals surface area contributed by atoms with Crippen LogP contribution in [0.3, 0.4) is 0 Å². The molecule has 0 spiro atoms. The molecule has 1 atom stereocenters. The first-order valence-electron chi connectivity index (χ1n) is 6.14. The molecule has 1 amide bonds. The lowest BCUT2D eigenvalue weighted by molar-refractivity contribution is -0.129. The van der Waals surface area contributed by atoms with Gasteiger partial charge < -0.3 is 4.90 Å². The van der Waals surface area contributed by atoms with E-state index in [2.05, 4.69) is 11.1 Å². The van der Waals surface area contributed by atoms with Crippen LogP contribution in [-0.4, -0.2) is 40.9 Å². The molecule has 98 valence electrons. The van der Waals surface area contributed by atoms with Gasteiger partial charge in [0.15, 0.2) is 0 Å². The molecular formula is C13H18N2OS2. The zero-order valence-corrected chi connectivity index (χ0v) is 12.2. The average molecular weight is 282 g/mol. The summed E-state index contributed by atoms with van der Waals surface area (Å²) in [5, 5.41) is 0. The quantitative estimate of drug-likeness (QED) is 0.795. The molecular weight excluding hydrogens is 264 g/mol. The van der Waals surface area contributed by atoms with Gasteiger partial charge >= 0.3 is 0 Å². The van der Waals surface area contributed by atoms with E-state index in [1.165, 1.54) is 5.56 Å². The molecule has 0 saturated carbocycles. The number of nitrogens with zero attached hydrogens (tertiary/aromatic N) is 2. The number of carbonyl (C=O) groups excluding carboxylic acids is 1. The van der Waals surface area contributed by atoms with Crippen LogP contribution in [0.15, 0.2) is 24.5 Å². The summed E-state index contributed by atoms with van der Waals surface area (Å²) in [4.78, 5) is 18.2. The fourth-order valence-corrected chi connectivity index (χ4v) is 3.35. The average Bonchev–Trinajstić information content (AvgIpc) is 2.46. The summed E-state index contributed by atoms with van der Waals surface area (Å²) in [6, 6.07) is 4.09. The first-order chi connectivity index (χ1) is 8.81. The summed E-state index contributed by atoms with van der Waals surface area (Å²) in [6.45, 7) is 1.75. The Hall–Kier alpha value is -0.680. The Bertz CT molecular complexity index is 386. The van der Waals surface area contributed by atoms with E-state index in [0.717, 1.165) is 25.9 Å². The van der Waals surface area contributed by atoms with Crippen LogP contribution in [0.2, 0.25) is 0 Å². The number of piperidine rings is 1. The second-order valence-corrected chi connectivity index (χ2v) is 6.96. The fourth-order valence-electron chi connectivity index (χ4n) is 2.29. The van der Waals surface area contributed by atoms with Crippen molar-refractivity contribution < 1.29 is 4.79 Å². The van der Waals surface area contributed by atoms with Crippen molar-refractivity contribution in [3.63, 3.8) is 0 Å². The zero-order chi connectivity index (χ0) is 12.8. The van der Waals surface area contributed by atoms with E-state index in [9.17, 15) is 4.79 Å². The largest absolute Gasteiger partial charge is 0.341 e. The van der Waals surface area contributed by atoms with Crippen molar-refractivity contribution in [3.8, 4) is 0 Å². The van der Waals surface area contributed by atoms with Crippen molar-refractivity contribution >= 4 is 27.5 Å². The summed E-state index contributed by atoms with van der Waals surface area (Å²) in [7, 11) is 3.27. The molecule has 1 unspecified atom stereocenters. The molecule has 1 aliphatic rings. The Kier molecular flexibility index (Phi) is 5.38. The van der Waals surface area contributed by atoms with Crippen LogP contribution in [0.4, 0.5) is 0 Å². The highest BCUT2D eigenvalue weighted by molar-refractivity contribution is 8.76. The highest BCUT2D eigenvalue weighted by Crippen LogP contribution is 2.27. The van der Waals surface area contributed by atoms with Crippen LogP contribution in [0.1, 0.15) is 24.3 Å². The predicted octanol–water partition coefficient (Wildman–Crippen LogP) is 2.80. The second-order valence-electron chi connectivity index (χ2n) is 4.39. The van der Waals surface area contributed by atoms with Crippen LogP contribution in [-0.2, 0) is 4.79 Å². The molecule has 1 aliphatic heterocycles. The minimum atomic E-state index is 0.267. The number of rotatable bonds is 4. The van der Waals surface area contributed by atoms with Crippen molar-refractivity contribution in [1.82, 2.24) is 9.88 Å². The van der Waals surface area contributed by atoms with Gasteiger partial charge in [-0.15, -0.1) is 0 Å². The van der Waals surface area contributed by atoms with Gasteiger partial charge in [-0.05, 0) is 30.7 Å². The Balaban J connectivity index is 1.94. The standard InChI is InChI=1S/C13H18N2OS2/c1-17-18-10-13(16)15-7-3-5-12(9-15)11-4-2-6-14-8-11/h2,4,6,8,12H,3,5,7,9-10H2,1H3. The lowest BCUT2D eigenvalue weighted by atomic mass is 9.92. The van der Waals surface area contributed by atoms with E-state index in [1.54, 1.807) is 27.8 Å². The summed E-state index contributed by atoms with van der Waals surface area (Å²) in [6.07, 6.45) is 7.98. The molecule has 1 saturated heterocycles. The van der Waals surface area contributed by atoms with E-state index < -0.39 is 0 Å². The van der Waals surface area contributed by atoms with E-state index in [-0.39, 0.29) is 5.91 Å². The third-order valence-electron chi connectivity index (χ3n) is 3.23. The minimum Gasteiger partial charge on any atom is -0.341 e. The maximum atomic E-state index is 12.0. The number of hydrogen-bond acceptors (Lipinski definition) is 4. The molecule has 18 heavy (non-hydrogen) atoms. The van der Waals surface area contributed by atoms with E-state index in [0.29, 0.717) is 11.7 Å². The molecule has 0 bridgehead atoms. The maximum absolute atomic E-state index is 12.0. The van der Waals surface area contributed by atoms with Crippen LogP contribution < -0.4 is 0 Å². The maximum Gasteiger partial charge on any atom is 0.233 e. The normalized spacial score (nSPS) is 19.8. The minimum absolute atomic E-state index is 0.267. The highest BCUT2D eigenvalue weighted by Gasteiger charge is 2.24. The van der Waals surface area contributed by atoms with E-state index in [1.807, 2.05) is 23.4 Å². The molecule has 2 rings (SSSR count). The third-order valence-corrected chi connectivity index (χ3v) is 4.89. The topological polar surface area (TPSA) is 33.2 Å². The zero-order valence-electron chi connectivity index (χ0n) is 10.5. The number of amides is 1. The first kappa shape index (κ1) is 13.7. The van der Waals surface area contributed by atoms with E-state index in [4.69, 9.17) is 0 Å². The van der Waals surface area contributed by atoms with Gasteiger partial charge in [-0.3, -0.25) is 9.78 Å². The lowest BCUT2D eigenvalue weighted by Gasteiger charge is -2.32. The number of hydrogen-bond donors (Lipinski definition) is 0. The van der Waals surface area contributed by atoms with Crippen molar-refractivity contribution in [1.29, 1.82) is 0 Å². The van der Waals surface area contributed by atoms with Crippen LogP contribution in [0, 0.1) is 0 Å². The second kappa shape index (κ2) is 7.04. The molecule has 3 nitrogen and oxygen atoms in total. The summed E-state index contributed by atoms with van der Waals surface area (Å²) >= 11 is 0. The van der Waals surface area contributed by atoms with Crippen LogP contribution >= 0.6 is 21.6 Å². The fraction of sp³-hybridized carbons (Fsp3) is 0.538. The lowest BCUT2D eigenvalue weighted by Crippen LogP contribution is -2.40. The highest BCUT2D eigenvalue weighted by atomic mass is 33.1. The Morgan fingerprint density at radius 3 is 3.22 bits per heavy atom. The number of pyridine rings is 1. The van der Waals surface area contributed by atoms with Crippen molar-refractivity contribution in [2.45, 2.75) is 18.8 Å². The monoisotopic (exact) mass is 282 g/mol. The molecule has 1 aromatic heterocycles. The molecule has 0 N–H and O–H groups in total. The molecule has 0 aromatic carbocycles. The third kappa shape index (κ3) is 3.65. The SMILES string of the molecule is CSSCC(=O)N1CCCC(c2cccnc2)C1. The Morgan fingerprint density at radius 1 is 1.61 bits per heavy atom. The van der Waals surface area contributed by atoms with Gasteiger partial charge in [-0.2, -0.15) is 0 Å². The molecule has 2 heterocycles. The first-order valence-corrected chi connectivity index (χ1v) is 8.87.